The maximum atomic E-state index is 4.69. The molecule has 0 aromatic heterocycles. The van der Waals surface area contributed by atoms with E-state index >= 15 is 0 Å². The molecular formula is C13H29IN4. The van der Waals surface area contributed by atoms with Crippen molar-refractivity contribution in [2.45, 2.75) is 39.7 Å². The first-order valence-corrected chi connectivity index (χ1v) is 6.62. The summed E-state index contributed by atoms with van der Waals surface area (Å²) in [6, 6.07) is 0.657. The number of nitrogens with one attached hydrogen (secondary N) is 2. The standard InChI is InChI=1S/C13H28N4.HI/c1-6-14-12(16-11-7-8-11)15-9-13(2,3)10-17(4)5;/h11H,6-10H2,1-5H3,(H2,14,15,16);1H. The van der Waals surface area contributed by atoms with Gasteiger partial charge in [0.1, 0.15) is 0 Å². The highest BCUT2D eigenvalue weighted by molar-refractivity contribution is 14.0. The average molecular weight is 368 g/mol. The van der Waals surface area contributed by atoms with E-state index in [1.165, 1.54) is 12.8 Å². The topological polar surface area (TPSA) is 39.7 Å². The van der Waals surface area contributed by atoms with Crippen molar-refractivity contribution in [3.8, 4) is 0 Å². The first-order chi connectivity index (χ1) is 7.93. The van der Waals surface area contributed by atoms with Crippen LogP contribution in [0.3, 0.4) is 0 Å². The second kappa shape index (κ2) is 8.19. The molecule has 1 rings (SSSR count). The van der Waals surface area contributed by atoms with Crippen molar-refractivity contribution in [1.29, 1.82) is 0 Å². The zero-order valence-electron chi connectivity index (χ0n) is 12.4. The highest BCUT2D eigenvalue weighted by atomic mass is 127. The van der Waals surface area contributed by atoms with E-state index in [0.29, 0.717) is 6.04 Å². The minimum Gasteiger partial charge on any atom is -0.357 e. The van der Waals surface area contributed by atoms with E-state index in [4.69, 9.17) is 0 Å². The maximum Gasteiger partial charge on any atom is 0.191 e. The summed E-state index contributed by atoms with van der Waals surface area (Å²) in [5, 5.41) is 6.75. The first-order valence-electron chi connectivity index (χ1n) is 6.62. The van der Waals surface area contributed by atoms with Gasteiger partial charge in [-0.3, -0.25) is 4.99 Å². The van der Waals surface area contributed by atoms with E-state index < -0.39 is 0 Å². The van der Waals surface area contributed by atoms with Gasteiger partial charge in [-0.25, -0.2) is 0 Å². The van der Waals surface area contributed by atoms with E-state index in [-0.39, 0.29) is 29.4 Å². The minimum absolute atomic E-state index is 0. The molecule has 0 aliphatic heterocycles. The van der Waals surface area contributed by atoms with Gasteiger partial charge in [0, 0.05) is 25.7 Å². The van der Waals surface area contributed by atoms with Gasteiger partial charge in [0.05, 0.1) is 0 Å². The Morgan fingerprint density at radius 2 is 1.94 bits per heavy atom. The Labute approximate surface area is 129 Å². The molecule has 0 aromatic carbocycles. The molecule has 18 heavy (non-hydrogen) atoms. The van der Waals surface area contributed by atoms with Crippen LogP contribution < -0.4 is 10.6 Å². The fourth-order valence-electron chi connectivity index (χ4n) is 1.94. The lowest BCUT2D eigenvalue weighted by molar-refractivity contribution is 0.248. The van der Waals surface area contributed by atoms with Crippen LogP contribution in [0.5, 0.6) is 0 Å². The largest absolute Gasteiger partial charge is 0.357 e. The number of guanidine groups is 1. The normalized spacial score (nSPS) is 16.4. The van der Waals surface area contributed by atoms with Gasteiger partial charge >= 0.3 is 0 Å². The van der Waals surface area contributed by atoms with Crippen LogP contribution in [-0.2, 0) is 0 Å². The summed E-state index contributed by atoms with van der Waals surface area (Å²) in [6.45, 7) is 9.46. The molecule has 0 bridgehead atoms. The molecule has 108 valence electrons. The van der Waals surface area contributed by atoms with Gasteiger partial charge in [0.2, 0.25) is 0 Å². The highest BCUT2D eigenvalue weighted by Gasteiger charge is 2.23. The van der Waals surface area contributed by atoms with Crippen molar-refractivity contribution in [2.24, 2.45) is 10.4 Å². The van der Waals surface area contributed by atoms with Gasteiger partial charge < -0.3 is 15.5 Å². The molecule has 4 nitrogen and oxygen atoms in total. The third-order valence-electron chi connectivity index (χ3n) is 2.67. The summed E-state index contributed by atoms with van der Waals surface area (Å²) in [4.78, 5) is 6.91. The van der Waals surface area contributed by atoms with Gasteiger partial charge in [-0.15, -0.1) is 24.0 Å². The Bertz CT molecular complexity index is 260. The molecule has 0 atom stereocenters. The van der Waals surface area contributed by atoms with Crippen LogP contribution in [0.2, 0.25) is 0 Å². The quantitative estimate of drug-likeness (QED) is 0.428. The number of nitrogens with zero attached hydrogens (tertiary/aromatic N) is 2. The molecule has 0 saturated heterocycles. The Balaban J connectivity index is 0.00000289. The van der Waals surface area contributed by atoms with Gasteiger partial charge in [0.15, 0.2) is 5.96 Å². The third-order valence-corrected chi connectivity index (χ3v) is 2.67. The van der Waals surface area contributed by atoms with Crippen molar-refractivity contribution in [3.05, 3.63) is 0 Å². The molecule has 0 unspecified atom stereocenters. The Hall–Kier alpha value is -0.0400. The zero-order chi connectivity index (χ0) is 12.9. The summed E-state index contributed by atoms with van der Waals surface area (Å²) >= 11 is 0. The molecule has 0 aromatic rings. The smallest absolute Gasteiger partial charge is 0.191 e. The van der Waals surface area contributed by atoms with Crippen LogP contribution in [0, 0.1) is 5.41 Å². The fourth-order valence-corrected chi connectivity index (χ4v) is 1.94. The lowest BCUT2D eigenvalue weighted by Crippen LogP contribution is -2.40. The molecule has 2 N–H and O–H groups in total. The summed E-state index contributed by atoms with van der Waals surface area (Å²) < 4.78 is 0. The van der Waals surface area contributed by atoms with E-state index in [0.717, 1.165) is 25.6 Å². The Morgan fingerprint density at radius 3 is 2.39 bits per heavy atom. The molecular weight excluding hydrogens is 339 g/mol. The summed E-state index contributed by atoms with van der Waals surface area (Å²) in [5.74, 6) is 0.974. The predicted octanol–water partition coefficient (Wildman–Crippen LogP) is 1.91. The van der Waals surface area contributed by atoms with Crippen molar-refractivity contribution >= 4 is 29.9 Å². The number of rotatable bonds is 6. The highest BCUT2D eigenvalue weighted by Crippen LogP contribution is 2.19. The molecule has 1 fully saturated rings. The van der Waals surface area contributed by atoms with Crippen LogP contribution in [0.25, 0.3) is 0 Å². The van der Waals surface area contributed by atoms with Crippen LogP contribution in [0.4, 0.5) is 0 Å². The van der Waals surface area contributed by atoms with Gasteiger partial charge in [-0.1, -0.05) is 13.8 Å². The van der Waals surface area contributed by atoms with Crippen molar-refractivity contribution in [3.63, 3.8) is 0 Å². The number of hydrogen-bond acceptors (Lipinski definition) is 2. The van der Waals surface area contributed by atoms with Crippen molar-refractivity contribution < 1.29 is 0 Å². The summed E-state index contributed by atoms with van der Waals surface area (Å²) in [6.07, 6.45) is 2.57. The monoisotopic (exact) mass is 368 g/mol. The summed E-state index contributed by atoms with van der Waals surface area (Å²) in [5.41, 5.74) is 0.218. The second-order valence-corrected chi connectivity index (χ2v) is 6.02. The van der Waals surface area contributed by atoms with E-state index in [1.807, 2.05) is 0 Å². The SMILES string of the molecule is CCNC(=NCC(C)(C)CN(C)C)NC1CC1.I. The zero-order valence-corrected chi connectivity index (χ0v) is 14.7. The lowest BCUT2D eigenvalue weighted by atomic mass is 9.93. The van der Waals surface area contributed by atoms with Crippen LogP contribution in [0.1, 0.15) is 33.6 Å². The van der Waals surface area contributed by atoms with E-state index in [9.17, 15) is 0 Å². The molecule has 0 amide bonds. The molecule has 1 aliphatic carbocycles. The molecule has 1 saturated carbocycles. The van der Waals surface area contributed by atoms with E-state index in [1.54, 1.807) is 0 Å². The van der Waals surface area contributed by atoms with E-state index in [2.05, 4.69) is 55.4 Å². The third kappa shape index (κ3) is 8.13. The maximum absolute atomic E-state index is 4.69. The number of halogens is 1. The van der Waals surface area contributed by atoms with Gasteiger partial charge in [0.25, 0.3) is 0 Å². The molecule has 0 spiro atoms. The summed E-state index contributed by atoms with van der Waals surface area (Å²) in [7, 11) is 4.22. The molecule has 1 aliphatic rings. The van der Waals surface area contributed by atoms with Gasteiger partial charge in [-0.2, -0.15) is 0 Å². The second-order valence-electron chi connectivity index (χ2n) is 6.02. The molecule has 5 heteroatoms. The van der Waals surface area contributed by atoms with Crippen molar-refractivity contribution in [2.75, 3.05) is 33.7 Å². The van der Waals surface area contributed by atoms with Crippen LogP contribution >= 0.6 is 24.0 Å². The predicted molar refractivity (Wildman–Crippen MR) is 89.9 cm³/mol. The molecule has 0 radical (unpaired) electrons. The average Bonchev–Trinajstić information content (AvgIpc) is 2.96. The van der Waals surface area contributed by atoms with Crippen LogP contribution in [-0.4, -0.2) is 50.6 Å². The number of hydrogen-bond donors (Lipinski definition) is 2. The fraction of sp³-hybridized carbons (Fsp3) is 0.923. The molecule has 0 heterocycles. The van der Waals surface area contributed by atoms with Crippen LogP contribution in [0.15, 0.2) is 4.99 Å². The Morgan fingerprint density at radius 1 is 1.33 bits per heavy atom. The lowest BCUT2D eigenvalue weighted by Gasteiger charge is -2.26. The van der Waals surface area contributed by atoms with Crippen molar-refractivity contribution in [1.82, 2.24) is 15.5 Å². The number of aliphatic imine (C=N–C) groups is 1. The van der Waals surface area contributed by atoms with Gasteiger partial charge in [-0.05, 0) is 39.3 Å². The Kier molecular flexibility index (Phi) is 8.18. The minimum atomic E-state index is 0. The first kappa shape index (κ1) is 18.0.